The van der Waals surface area contributed by atoms with Gasteiger partial charge in [-0.1, -0.05) is 64.9 Å². The van der Waals surface area contributed by atoms with Crippen LogP contribution < -0.4 is 5.32 Å². The van der Waals surface area contributed by atoms with Gasteiger partial charge in [-0.15, -0.1) is 11.3 Å². The Kier molecular flexibility index (Phi) is 13.9. The lowest BCUT2D eigenvalue weighted by atomic mass is 9.90. The topological polar surface area (TPSA) is 63.2 Å². The number of sulfone groups is 1. The number of rotatable bonds is 4. The number of halogens is 4. The molecule has 0 bridgehead atoms. The standard InChI is InChI=1S/C22H24F3NO.C5H5ClO2S2.C2H6.CH4/c1-14-3-6-17-7-10-20(13-18(17)11-15(14)2)26-21(27)12-16-4-8-19(9-5-16)22(23,24)25;1-10(7,8)5-3-2-4(6)9-5;1-2;/h4-5,7-10,13-15H,3,6,11-12H2,1-2H3,(H,26,27);2-3H,1H3;1-2H3;1H4/t14?,15-;;;/m1.../s1. The lowest BCUT2D eigenvalue weighted by molar-refractivity contribution is -0.137. The van der Waals surface area contributed by atoms with Crippen molar-refractivity contribution >= 4 is 44.4 Å². The second-order valence-corrected chi connectivity index (χ2v) is 13.4. The third kappa shape index (κ3) is 10.9. The Balaban J connectivity index is 0.000000518. The van der Waals surface area contributed by atoms with E-state index in [2.05, 4.69) is 25.2 Å². The molecule has 1 aromatic heterocycles. The van der Waals surface area contributed by atoms with Crippen molar-refractivity contribution in [1.29, 1.82) is 0 Å². The summed E-state index contributed by atoms with van der Waals surface area (Å²) in [5.74, 6) is 1.05. The summed E-state index contributed by atoms with van der Waals surface area (Å²) in [5.41, 5.74) is 3.21. The quantitative estimate of drug-likeness (QED) is 0.297. The van der Waals surface area contributed by atoms with E-state index >= 15 is 0 Å². The first-order valence-electron chi connectivity index (χ1n) is 12.8. The van der Waals surface area contributed by atoms with E-state index < -0.39 is 21.6 Å². The molecule has 1 amide bonds. The molecule has 10 heteroatoms. The molecule has 0 spiro atoms. The van der Waals surface area contributed by atoms with Gasteiger partial charge in [0.2, 0.25) is 5.91 Å². The average molecular weight is 618 g/mol. The number of benzene rings is 2. The lowest BCUT2D eigenvalue weighted by Crippen LogP contribution is -2.15. The molecule has 4 rings (SSSR count). The van der Waals surface area contributed by atoms with Gasteiger partial charge in [0.05, 0.1) is 16.3 Å². The van der Waals surface area contributed by atoms with E-state index in [1.165, 1.54) is 35.7 Å². The third-order valence-corrected chi connectivity index (χ3v) is 9.48. The first-order chi connectivity index (χ1) is 18.2. The maximum atomic E-state index is 12.6. The van der Waals surface area contributed by atoms with E-state index in [1.807, 2.05) is 26.0 Å². The van der Waals surface area contributed by atoms with Crippen molar-refractivity contribution in [1.82, 2.24) is 0 Å². The summed E-state index contributed by atoms with van der Waals surface area (Å²) in [6, 6.07) is 13.8. The molecule has 1 heterocycles. The third-order valence-electron chi connectivity index (χ3n) is 6.43. The summed E-state index contributed by atoms with van der Waals surface area (Å²) in [5, 5.41) is 2.87. The van der Waals surface area contributed by atoms with Gasteiger partial charge < -0.3 is 5.32 Å². The Morgan fingerprint density at radius 1 is 1.00 bits per heavy atom. The van der Waals surface area contributed by atoms with Crippen LogP contribution in [0.25, 0.3) is 0 Å². The molecular weight excluding hydrogens is 579 g/mol. The minimum atomic E-state index is -4.36. The first kappa shape index (κ1) is 35.7. The maximum absolute atomic E-state index is 12.6. The smallest absolute Gasteiger partial charge is 0.326 e. The van der Waals surface area contributed by atoms with Gasteiger partial charge >= 0.3 is 6.18 Å². The molecule has 2 atom stereocenters. The van der Waals surface area contributed by atoms with Crippen LogP contribution in [0.4, 0.5) is 18.9 Å². The van der Waals surface area contributed by atoms with Crippen LogP contribution in [0.3, 0.4) is 0 Å². The minimum absolute atomic E-state index is 0. The molecule has 1 unspecified atom stereocenters. The number of nitrogens with one attached hydrogen (secondary N) is 1. The van der Waals surface area contributed by atoms with Crippen molar-refractivity contribution in [3.63, 3.8) is 0 Å². The fourth-order valence-corrected chi connectivity index (χ4v) is 6.16. The van der Waals surface area contributed by atoms with Gasteiger partial charge in [0.25, 0.3) is 0 Å². The van der Waals surface area contributed by atoms with Gasteiger partial charge in [-0.3, -0.25) is 4.79 Å². The van der Waals surface area contributed by atoms with E-state index in [1.54, 1.807) is 6.07 Å². The Hall–Kier alpha value is -2.36. The van der Waals surface area contributed by atoms with Gasteiger partial charge in [0, 0.05) is 11.9 Å². The number of amides is 1. The predicted molar refractivity (Wildman–Crippen MR) is 161 cm³/mol. The summed E-state index contributed by atoms with van der Waals surface area (Å²) in [4.78, 5) is 12.3. The van der Waals surface area contributed by atoms with Crippen LogP contribution in [0.2, 0.25) is 4.34 Å². The van der Waals surface area contributed by atoms with E-state index in [-0.39, 0.29) is 19.8 Å². The van der Waals surface area contributed by atoms with Crippen molar-refractivity contribution in [2.24, 2.45) is 11.8 Å². The number of carbonyl (C=O) groups is 1. The van der Waals surface area contributed by atoms with Crippen LogP contribution in [0.5, 0.6) is 0 Å². The zero-order chi connectivity index (χ0) is 29.4. The summed E-state index contributed by atoms with van der Waals surface area (Å²) >= 11 is 6.59. The molecular formula is C30H39ClF3NO3S2. The molecule has 222 valence electrons. The van der Waals surface area contributed by atoms with Crippen molar-refractivity contribution in [2.75, 3.05) is 11.6 Å². The van der Waals surface area contributed by atoms with Gasteiger partial charge in [-0.05, 0) is 84.2 Å². The van der Waals surface area contributed by atoms with Gasteiger partial charge in [-0.25, -0.2) is 8.42 Å². The molecule has 0 saturated carbocycles. The number of anilines is 1. The van der Waals surface area contributed by atoms with E-state index in [0.717, 1.165) is 48.3 Å². The largest absolute Gasteiger partial charge is 0.416 e. The Morgan fingerprint density at radius 2 is 1.62 bits per heavy atom. The van der Waals surface area contributed by atoms with Gasteiger partial charge in [-0.2, -0.15) is 13.2 Å². The van der Waals surface area contributed by atoms with E-state index in [4.69, 9.17) is 11.6 Å². The van der Waals surface area contributed by atoms with Crippen molar-refractivity contribution in [2.45, 2.75) is 71.2 Å². The van der Waals surface area contributed by atoms with Crippen LogP contribution in [0.15, 0.2) is 58.8 Å². The second-order valence-electron chi connectivity index (χ2n) is 9.43. The zero-order valence-corrected chi connectivity index (χ0v) is 25.1. The van der Waals surface area contributed by atoms with E-state index in [0.29, 0.717) is 25.9 Å². The Labute approximate surface area is 245 Å². The van der Waals surface area contributed by atoms with Gasteiger partial charge in [0.1, 0.15) is 4.21 Å². The Morgan fingerprint density at radius 3 is 2.12 bits per heavy atom. The molecule has 1 aliphatic rings. The number of carbonyl (C=O) groups excluding carboxylic acids is 1. The number of alkyl halides is 3. The SMILES string of the molecule is C.CC.CC1CCc2ccc(NC(=O)Cc3ccc(C(F)(F)F)cc3)cc2C[C@H]1C.CS(=O)(=O)c1ccc(Cl)s1. The van der Waals surface area contributed by atoms with Gasteiger partial charge in [0.15, 0.2) is 9.84 Å². The molecule has 1 aliphatic carbocycles. The molecule has 1 N–H and O–H groups in total. The number of fused-ring (bicyclic) bond motifs is 1. The first-order valence-corrected chi connectivity index (χ1v) is 15.8. The summed E-state index contributed by atoms with van der Waals surface area (Å²) < 4.78 is 60.2. The molecule has 0 fully saturated rings. The molecule has 0 radical (unpaired) electrons. The fraction of sp³-hybridized carbons (Fsp3) is 0.433. The minimum Gasteiger partial charge on any atom is -0.326 e. The van der Waals surface area contributed by atoms with Crippen LogP contribution in [-0.4, -0.2) is 20.6 Å². The molecule has 0 aliphatic heterocycles. The molecule has 2 aromatic carbocycles. The van der Waals surface area contributed by atoms with Crippen LogP contribution in [0.1, 0.15) is 63.8 Å². The normalized spacial score (nSPS) is 16.5. The van der Waals surface area contributed by atoms with Crippen molar-refractivity contribution < 1.29 is 26.4 Å². The predicted octanol–water partition coefficient (Wildman–Crippen LogP) is 9.11. The highest BCUT2D eigenvalue weighted by atomic mass is 35.5. The second kappa shape index (κ2) is 15.6. The lowest BCUT2D eigenvalue weighted by Gasteiger charge is -2.16. The monoisotopic (exact) mass is 617 g/mol. The van der Waals surface area contributed by atoms with E-state index in [9.17, 15) is 26.4 Å². The fourth-order valence-electron chi connectivity index (χ4n) is 4.05. The highest BCUT2D eigenvalue weighted by Gasteiger charge is 2.30. The number of hydrogen-bond donors (Lipinski definition) is 1. The highest BCUT2D eigenvalue weighted by Crippen LogP contribution is 2.31. The highest BCUT2D eigenvalue weighted by molar-refractivity contribution is 7.92. The summed E-state index contributed by atoms with van der Waals surface area (Å²) in [6.07, 6.45) is 0.0720. The zero-order valence-electron chi connectivity index (χ0n) is 22.7. The summed E-state index contributed by atoms with van der Waals surface area (Å²) in [6.45, 7) is 8.54. The Bertz CT molecular complexity index is 1340. The molecule has 40 heavy (non-hydrogen) atoms. The van der Waals surface area contributed by atoms with Crippen LogP contribution in [-0.2, 0) is 40.1 Å². The average Bonchev–Trinajstić information content (AvgIpc) is 3.26. The van der Waals surface area contributed by atoms with Crippen LogP contribution in [0, 0.1) is 11.8 Å². The van der Waals surface area contributed by atoms with Crippen molar-refractivity contribution in [3.8, 4) is 0 Å². The number of aryl methyl sites for hydroxylation is 1. The van der Waals surface area contributed by atoms with Crippen molar-refractivity contribution in [3.05, 3.63) is 81.2 Å². The molecule has 3 aromatic rings. The maximum Gasteiger partial charge on any atom is 0.416 e. The molecule has 0 saturated heterocycles. The summed E-state index contributed by atoms with van der Waals surface area (Å²) in [7, 11) is -3.05. The van der Waals surface area contributed by atoms with Crippen LogP contribution >= 0.6 is 22.9 Å². The number of thiophene rings is 1. The number of hydrogen-bond acceptors (Lipinski definition) is 4. The molecule has 4 nitrogen and oxygen atoms in total.